The van der Waals surface area contributed by atoms with Crippen LogP contribution in [0, 0.1) is 17.5 Å². The van der Waals surface area contributed by atoms with Gasteiger partial charge in [-0.3, -0.25) is 0 Å². The Labute approximate surface area is 115 Å². The Hall–Kier alpha value is -0.850. The van der Waals surface area contributed by atoms with Gasteiger partial charge in [-0.05, 0) is 28.1 Å². The predicted molar refractivity (Wildman–Crippen MR) is 69.0 cm³/mol. The molecule has 18 heavy (non-hydrogen) atoms. The van der Waals surface area contributed by atoms with Gasteiger partial charge in [-0.2, -0.15) is 0 Å². The molecule has 1 nitrogen and oxygen atoms in total. The highest BCUT2D eigenvalue weighted by Crippen LogP contribution is 2.26. The van der Waals surface area contributed by atoms with Gasteiger partial charge >= 0.3 is 0 Å². The molecule has 0 radical (unpaired) electrons. The fourth-order valence-electron chi connectivity index (χ4n) is 1.61. The maximum absolute atomic E-state index is 13.5. The number of nitrogens with two attached hydrogens (primary N) is 1. The van der Waals surface area contributed by atoms with Crippen LogP contribution in [0.2, 0.25) is 0 Å². The first-order chi connectivity index (χ1) is 8.49. The van der Waals surface area contributed by atoms with Crippen LogP contribution < -0.4 is 5.73 Å². The summed E-state index contributed by atoms with van der Waals surface area (Å²) in [5.41, 5.74) is 5.80. The molecule has 1 aromatic heterocycles. The predicted octanol–water partition coefficient (Wildman–Crippen LogP) is 4.17. The van der Waals surface area contributed by atoms with Crippen molar-refractivity contribution in [3.8, 4) is 0 Å². The first kappa shape index (κ1) is 13.6. The van der Waals surface area contributed by atoms with Crippen molar-refractivity contribution in [1.29, 1.82) is 0 Å². The summed E-state index contributed by atoms with van der Waals surface area (Å²) in [6.07, 6.45) is 0.373. The lowest BCUT2D eigenvalue weighted by Gasteiger charge is -2.12. The molecule has 0 fully saturated rings. The molecule has 0 spiro atoms. The van der Waals surface area contributed by atoms with Gasteiger partial charge < -0.3 is 5.73 Å². The summed E-state index contributed by atoms with van der Waals surface area (Å²) >= 11 is 4.77. The normalized spacial score (nSPS) is 12.7. The van der Waals surface area contributed by atoms with E-state index in [1.807, 2.05) is 11.4 Å². The summed E-state index contributed by atoms with van der Waals surface area (Å²) in [6.45, 7) is 0. The largest absolute Gasteiger partial charge is 0.324 e. The van der Waals surface area contributed by atoms with E-state index in [4.69, 9.17) is 5.73 Å². The Kier molecular flexibility index (Phi) is 4.09. The number of benzene rings is 1. The minimum Gasteiger partial charge on any atom is -0.324 e. The molecule has 2 aromatic rings. The van der Waals surface area contributed by atoms with E-state index >= 15 is 0 Å². The maximum atomic E-state index is 13.5. The highest BCUT2D eigenvalue weighted by molar-refractivity contribution is 9.10. The summed E-state index contributed by atoms with van der Waals surface area (Å²) in [5, 5.41) is 1.88. The van der Waals surface area contributed by atoms with Crippen molar-refractivity contribution in [1.82, 2.24) is 0 Å². The molecule has 0 saturated carbocycles. The number of hydrogen-bond donors (Lipinski definition) is 1. The third-order valence-corrected chi connectivity index (χ3v) is 4.23. The third-order valence-electron chi connectivity index (χ3n) is 2.51. The molecule has 0 saturated heterocycles. The molecular formula is C12H9BrF3NS. The molecule has 1 heterocycles. The molecule has 0 aliphatic heterocycles. The van der Waals surface area contributed by atoms with E-state index in [0.717, 1.165) is 15.4 Å². The first-order valence-corrected chi connectivity index (χ1v) is 6.78. The van der Waals surface area contributed by atoms with E-state index in [0.29, 0.717) is 6.42 Å². The van der Waals surface area contributed by atoms with E-state index < -0.39 is 23.5 Å². The van der Waals surface area contributed by atoms with Gasteiger partial charge in [0.2, 0.25) is 0 Å². The molecule has 1 atom stereocenters. The molecule has 0 amide bonds. The van der Waals surface area contributed by atoms with Crippen LogP contribution in [0.3, 0.4) is 0 Å². The lowest BCUT2D eigenvalue weighted by atomic mass is 10.0. The fourth-order valence-corrected chi connectivity index (χ4v) is 3.13. The topological polar surface area (TPSA) is 26.0 Å². The molecule has 96 valence electrons. The number of halogens is 4. The van der Waals surface area contributed by atoms with Crippen molar-refractivity contribution in [2.24, 2.45) is 5.73 Å². The smallest absolute Gasteiger partial charge is 0.194 e. The Morgan fingerprint density at radius 1 is 1.22 bits per heavy atom. The Morgan fingerprint density at radius 2 is 1.94 bits per heavy atom. The standard InChI is InChI=1S/C12H9BrF3NS/c13-6-3-7(18-5-6)4-10(17)8-1-2-9(14)12(16)11(8)15/h1-3,5,10H,4,17H2. The minimum atomic E-state index is -1.48. The summed E-state index contributed by atoms with van der Waals surface area (Å²) in [7, 11) is 0. The van der Waals surface area contributed by atoms with E-state index in [2.05, 4.69) is 15.9 Å². The van der Waals surface area contributed by atoms with Crippen molar-refractivity contribution < 1.29 is 13.2 Å². The van der Waals surface area contributed by atoms with E-state index in [1.165, 1.54) is 17.4 Å². The van der Waals surface area contributed by atoms with Crippen LogP contribution in [0.25, 0.3) is 0 Å². The zero-order valence-electron chi connectivity index (χ0n) is 9.09. The Bertz CT molecular complexity index is 570. The summed E-state index contributed by atoms with van der Waals surface area (Å²) in [4.78, 5) is 0.943. The van der Waals surface area contributed by atoms with Gasteiger partial charge in [-0.15, -0.1) is 11.3 Å². The highest BCUT2D eigenvalue weighted by Gasteiger charge is 2.18. The van der Waals surface area contributed by atoms with Crippen LogP contribution in [0.15, 0.2) is 28.1 Å². The fraction of sp³-hybridized carbons (Fsp3) is 0.167. The van der Waals surface area contributed by atoms with Crippen molar-refractivity contribution in [2.45, 2.75) is 12.5 Å². The van der Waals surface area contributed by atoms with Gasteiger partial charge in [0, 0.05) is 32.8 Å². The highest BCUT2D eigenvalue weighted by atomic mass is 79.9. The summed E-state index contributed by atoms with van der Waals surface area (Å²) in [5.74, 6) is -3.89. The van der Waals surface area contributed by atoms with Gasteiger partial charge in [-0.25, -0.2) is 13.2 Å². The molecule has 0 bridgehead atoms. The van der Waals surface area contributed by atoms with Gasteiger partial charge in [0.25, 0.3) is 0 Å². The quantitative estimate of drug-likeness (QED) is 0.837. The van der Waals surface area contributed by atoms with E-state index in [1.54, 1.807) is 0 Å². The zero-order valence-corrected chi connectivity index (χ0v) is 11.5. The molecule has 1 unspecified atom stereocenters. The number of hydrogen-bond acceptors (Lipinski definition) is 2. The molecule has 2 N–H and O–H groups in total. The second-order valence-corrected chi connectivity index (χ2v) is 5.72. The van der Waals surface area contributed by atoms with Crippen LogP contribution in [-0.4, -0.2) is 0 Å². The number of thiophene rings is 1. The van der Waals surface area contributed by atoms with Gasteiger partial charge in [0.15, 0.2) is 17.5 Å². The zero-order chi connectivity index (χ0) is 13.3. The van der Waals surface area contributed by atoms with Crippen LogP contribution in [0.5, 0.6) is 0 Å². The Balaban J connectivity index is 2.24. The second kappa shape index (κ2) is 5.42. The van der Waals surface area contributed by atoms with Crippen molar-refractivity contribution in [3.05, 3.63) is 55.9 Å². The van der Waals surface area contributed by atoms with Crippen LogP contribution >= 0.6 is 27.3 Å². The average molecular weight is 336 g/mol. The van der Waals surface area contributed by atoms with Crippen LogP contribution in [0.1, 0.15) is 16.5 Å². The van der Waals surface area contributed by atoms with E-state index in [-0.39, 0.29) is 5.56 Å². The average Bonchev–Trinajstić information content (AvgIpc) is 2.71. The van der Waals surface area contributed by atoms with Gasteiger partial charge in [0.1, 0.15) is 0 Å². The van der Waals surface area contributed by atoms with Crippen LogP contribution in [-0.2, 0) is 6.42 Å². The van der Waals surface area contributed by atoms with Crippen molar-refractivity contribution in [2.75, 3.05) is 0 Å². The number of rotatable bonds is 3. The molecule has 2 rings (SSSR count). The molecule has 1 aromatic carbocycles. The molecular weight excluding hydrogens is 327 g/mol. The minimum absolute atomic E-state index is 0.0153. The lowest BCUT2D eigenvalue weighted by molar-refractivity contribution is 0.435. The van der Waals surface area contributed by atoms with Gasteiger partial charge in [-0.1, -0.05) is 6.07 Å². The van der Waals surface area contributed by atoms with Crippen LogP contribution in [0.4, 0.5) is 13.2 Å². The molecule has 0 aliphatic rings. The first-order valence-electron chi connectivity index (χ1n) is 5.11. The SMILES string of the molecule is NC(Cc1cc(Br)cs1)c1ccc(F)c(F)c1F. The maximum Gasteiger partial charge on any atom is 0.194 e. The van der Waals surface area contributed by atoms with E-state index in [9.17, 15) is 13.2 Å². The molecule has 0 aliphatic carbocycles. The Morgan fingerprint density at radius 3 is 2.56 bits per heavy atom. The third kappa shape index (κ3) is 2.76. The van der Waals surface area contributed by atoms with Crippen molar-refractivity contribution in [3.63, 3.8) is 0 Å². The monoisotopic (exact) mass is 335 g/mol. The second-order valence-electron chi connectivity index (χ2n) is 3.81. The van der Waals surface area contributed by atoms with Gasteiger partial charge in [0.05, 0.1) is 0 Å². The summed E-state index contributed by atoms with van der Waals surface area (Å²) < 4.78 is 40.3. The molecule has 6 heteroatoms. The lowest BCUT2D eigenvalue weighted by Crippen LogP contribution is -2.15. The summed E-state index contributed by atoms with van der Waals surface area (Å²) in [6, 6.07) is 3.23. The van der Waals surface area contributed by atoms with Crippen molar-refractivity contribution >= 4 is 27.3 Å².